The van der Waals surface area contributed by atoms with Gasteiger partial charge in [0.05, 0.1) is 5.75 Å². The molecule has 25 heavy (non-hydrogen) atoms. The fourth-order valence-corrected chi connectivity index (χ4v) is 2.54. The number of benzene rings is 2. The molecule has 0 aliphatic carbocycles. The maximum absolute atomic E-state index is 13.5. The highest BCUT2D eigenvalue weighted by Crippen LogP contribution is 2.18. The second-order valence-electron chi connectivity index (χ2n) is 5.33. The van der Waals surface area contributed by atoms with Crippen molar-refractivity contribution in [2.45, 2.75) is 24.8 Å². The highest BCUT2D eigenvalue weighted by Gasteiger charge is 2.17. The lowest BCUT2D eigenvalue weighted by atomic mass is 10.2. The van der Waals surface area contributed by atoms with Crippen molar-refractivity contribution < 1.29 is 18.7 Å². The van der Waals surface area contributed by atoms with E-state index in [1.165, 1.54) is 36.9 Å². The molecular formula is C18H19FN2O3S. The standard InChI is InChI=1S/C18H19FN2O3S/c1-12-7-9-14(10-8-12)25-11-17(22)20-21-18(23)13(2)24-16-6-4-3-5-15(16)19/h3-10,13H,11H2,1-2H3,(H,20,22)(H,21,23). The molecule has 0 radical (unpaired) electrons. The van der Waals surface area contributed by atoms with E-state index < -0.39 is 17.8 Å². The SMILES string of the molecule is Cc1ccc(SCC(=O)NNC(=O)C(C)Oc2ccccc2F)cc1. The van der Waals surface area contributed by atoms with Crippen molar-refractivity contribution in [3.8, 4) is 5.75 Å². The van der Waals surface area contributed by atoms with Crippen LogP contribution in [0.5, 0.6) is 5.75 Å². The zero-order valence-electron chi connectivity index (χ0n) is 13.9. The van der Waals surface area contributed by atoms with E-state index in [1.54, 1.807) is 6.07 Å². The zero-order chi connectivity index (χ0) is 18.2. The molecule has 0 bridgehead atoms. The molecule has 0 saturated carbocycles. The Morgan fingerprint density at radius 3 is 2.48 bits per heavy atom. The molecule has 1 unspecified atom stereocenters. The lowest BCUT2D eigenvalue weighted by molar-refractivity contribution is -0.132. The predicted molar refractivity (Wildman–Crippen MR) is 94.7 cm³/mol. The molecule has 2 amide bonds. The van der Waals surface area contributed by atoms with E-state index in [1.807, 2.05) is 31.2 Å². The number of hydrogen-bond donors (Lipinski definition) is 2. The van der Waals surface area contributed by atoms with Gasteiger partial charge in [0, 0.05) is 4.90 Å². The molecule has 1 atom stereocenters. The molecule has 2 aromatic carbocycles. The number of carbonyl (C=O) groups is 2. The third-order valence-electron chi connectivity index (χ3n) is 3.23. The number of hydrazine groups is 1. The van der Waals surface area contributed by atoms with Crippen molar-refractivity contribution in [2.24, 2.45) is 0 Å². The van der Waals surface area contributed by atoms with Crippen LogP contribution in [0, 0.1) is 12.7 Å². The van der Waals surface area contributed by atoms with Gasteiger partial charge in [-0.15, -0.1) is 11.8 Å². The van der Waals surface area contributed by atoms with Gasteiger partial charge in [-0.1, -0.05) is 29.8 Å². The molecule has 0 heterocycles. The summed E-state index contributed by atoms with van der Waals surface area (Å²) >= 11 is 1.36. The zero-order valence-corrected chi connectivity index (χ0v) is 14.7. The summed E-state index contributed by atoms with van der Waals surface area (Å²) in [6.45, 7) is 3.45. The van der Waals surface area contributed by atoms with Crippen molar-refractivity contribution in [3.63, 3.8) is 0 Å². The van der Waals surface area contributed by atoms with Crippen LogP contribution in [0.3, 0.4) is 0 Å². The van der Waals surface area contributed by atoms with E-state index in [4.69, 9.17) is 4.74 Å². The Morgan fingerprint density at radius 2 is 1.80 bits per heavy atom. The van der Waals surface area contributed by atoms with Crippen molar-refractivity contribution in [2.75, 3.05) is 5.75 Å². The molecule has 0 saturated heterocycles. The number of thioether (sulfide) groups is 1. The topological polar surface area (TPSA) is 67.4 Å². The van der Waals surface area contributed by atoms with Gasteiger partial charge < -0.3 is 4.74 Å². The summed E-state index contributed by atoms with van der Waals surface area (Å²) in [7, 11) is 0. The number of amides is 2. The average molecular weight is 362 g/mol. The number of rotatable bonds is 6. The van der Waals surface area contributed by atoms with Gasteiger partial charge >= 0.3 is 0 Å². The molecule has 7 heteroatoms. The number of nitrogens with one attached hydrogen (secondary N) is 2. The van der Waals surface area contributed by atoms with E-state index in [2.05, 4.69) is 10.9 Å². The highest BCUT2D eigenvalue weighted by molar-refractivity contribution is 8.00. The van der Waals surface area contributed by atoms with Gasteiger partial charge in [0.25, 0.3) is 5.91 Å². The van der Waals surface area contributed by atoms with E-state index in [0.717, 1.165) is 10.5 Å². The van der Waals surface area contributed by atoms with Crippen molar-refractivity contribution in [3.05, 3.63) is 59.9 Å². The van der Waals surface area contributed by atoms with Crippen LogP contribution in [-0.4, -0.2) is 23.7 Å². The van der Waals surface area contributed by atoms with Crippen LogP contribution in [0.15, 0.2) is 53.4 Å². The largest absolute Gasteiger partial charge is 0.478 e. The fraction of sp³-hybridized carbons (Fsp3) is 0.222. The van der Waals surface area contributed by atoms with Gasteiger partial charge in [-0.05, 0) is 38.1 Å². The minimum atomic E-state index is -0.957. The second-order valence-corrected chi connectivity index (χ2v) is 6.38. The summed E-state index contributed by atoms with van der Waals surface area (Å²) in [6.07, 6.45) is -0.957. The minimum Gasteiger partial charge on any atom is -0.478 e. The molecule has 2 rings (SSSR count). The van der Waals surface area contributed by atoms with Gasteiger partial charge in [-0.2, -0.15) is 0 Å². The Labute approximate surface area is 149 Å². The van der Waals surface area contributed by atoms with E-state index >= 15 is 0 Å². The maximum Gasteiger partial charge on any atom is 0.279 e. The molecular weight excluding hydrogens is 343 g/mol. The smallest absolute Gasteiger partial charge is 0.279 e. The number of ether oxygens (including phenoxy) is 1. The second kappa shape index (κ2) is 9.08. The lowest BCUT2D eigenvalue weighted by Gasteiger charge is -2.15. The molecule has 0 aliphatic heterocycles. The Kier molecular flexibility index (Phi) is 6.82. The first kappa shape index (κ1) is 18.8. The van der Waals surface area contributed by atoms with Gasteiger partial charge in [-0.3, -0.25) is 20.4 Å². The van der Waals surface area contributed by atoms with Gasteiger partial charge in [-0.25, -0.2) is 4.39 Å². The number of aryl methyl sites for hydroxylation is 1. The van der Waals surface area contributed by atoms with Crippen molar-refractivity contribution in [1.29, 1.82) is 0 Å². The summed E-state index contributed by atoms with van der Waals surface area (Å²) < 4.78 is 18.7. The van der Waals surface area contributed by atoms with E-state index in [9.17, 15) is 14.0 Å². The monoisotopic (exact) mass is 362 g/mol. The Balaban J connectivity index is 1.74. The molecule has 0 aromatic heterocycles. The lowest BCUT2D eigenvalue weighted by Crippen LogP contribution is -2.47. The molecule has 0 fully saturated rings. The van der Waals surface area contributed by atoms with E-state index in [-0.39, 0.29) is 17.4 Å². The first-order chi connectivity index (χ1) is 12.0. The fourth-order valence-electron chi connectivity index (χ4n) is 1.84. The Bertz CT molecular complexity index is 737. The van der Waals surface area contributed by atoms with Gasteiger partial charge in [0.1, 0.15) is 0 Å². The number of hydrogen-bond acceptors (Lipinski definition) is 4. The summed E-state index contributed by atoms with van der Waals surface area (Å²) in [5, 5.41) is 0. The molecule has 2 aromatic rings. The minimum absolute atomic E-state index is 0.0218. The Hall–Kier alpha value is -2.54. The van der Waals surface area contributed by atoms with Crippen LogP contribution in [-0.2, 0) is 9.59 Å². The molecule has 0 aliphatic rings. The summed E-state index contributed by atoms with van der Waals surface area (Å²) in [5.41, 5.74) is 5.72. The summed E-state index contributed by atoms with van der Waals surface area (Å²) in [4.78, 5) is 24.6. The number of carbonyl (C=O) groups excluding carboxylic acids is 2. The van der Waals surface area contributed by atoms with Crippen LogP contribution in [0.25, 0.3) is 0 Å². The Morgan fingerprint density at radius 1 is 1.12 bits per heavy atom. The van der Waals surface area contributed by atoms with E-state index in [0.29, 0.717) is 0 Å². The predicted octanol–water partition coefficient (Wildman–Crippen LogP) is 2.84. The van der Waals surface area contributed by atoms with Crippen LogP contribution in [0.2, 0.25) is 0 Å². The third kappa shape index (κ3) is 6.11. The van der Waals surface area contributed by atoms with Crippen molar-refractivity contribution >= 4 is 23.6 Å². The number of para-hydroxylation sites is 1. The van der Waals surface area contributed by atoms with Crippen LogP contribution >= 0.6 is 11.8 Å². The molecule has 5 nitrogen and oxygen atoms in total. The van der Waals surface area contributed by atoms with Crippen molar-refractivity contribution in [1.82, 2.24) is 10.9 Å². The van der Waals surface area contributed by atoms with Crippen LogP contribution < -0.4 is 15.6 Å². The number of halogens is 1. The normalized spacial score (nSPS) is 11.5. The molecule has 2 N–H and O–H groups in total. The first-order valence-electron chi connectivity index (χ1n) is 7.65. The first-order valence-corrected chi connectivity index (χ1v) is 8.63. The maximum atomic E-state index is 13.5. The van der Waals surface area contributed by atoms with Gasteiger partial charge in [0.15, 0.2) is 17.7 Å². The van der Waals surface area contributed by atoms with Gasteiger partial charge in [0.2, 0.25) is 5.91 Å². The molecule has 0 spiro atoms. The van der Waals surface area contributed by atoms with Crippen LogP contribution in [0.4, 0.5) is 4.39 Å². The highest BCUT2D eigenvalue weighted by atomic mass is 32.2. The third-order valence-corrected chi connectivity index (χ3v) is 4.24. The van der Waals surface area contributed by atoms with Crippen LogP contribution in [0.1, 0.15) is 12.5 Å². The summed E-state index contributed by atoms with van der Waals surface area (Å²) in [6, 6.07) is 13.6. The summed E-state index contributed by atoms with van der Waals surface area (Å²) in [5.74, 6) is -1.34. The average Bonchev–Trinajstić information content (AvgIpc) is 2.61. The quantitative estimate of drug-likeness (QED) is 0.613. The molecule has 132 valence electrons.